The van der Waals surface area contributed by atoms with E-state index in [1.807, 2.05) is 11.6 Å². The maximum Gasteiger partial charge on any atom is 0.427 e. The van der Waals surface area contributed by atoms with Crippen molar-refractivity contribution in [2.75, 3.05) is 20.3 Å². The minimum atomic E-state index is -4.94. The topological polar surface area (TPSA) is 195 Å². The van der Waals surface area contributed by atoms with Gasteiger partial charge in [-0.3, -0.25) is 19.1 Å². The number of carbonyl (C=O) groups is 4. The summed E-state index contributed by atoms with van der Waals surface area (Å²) in [6, 6.07) is 4.03. The van der Waals surface area contributed by atoms with Gasteiger partial charge in [-0.25, -0.2) is 17.6 Å². The molecule has 6 rings (SSSR count). The number of methoxy groups -OCH3 is 1. The van der Waals surface area contributed by atoms with Crippen LogP contribution in [0.3, 0.4) is 0 Å². The summed E-state index contributed by atoms with van der Waals surface area (Å²) in [6.45, 7) is 3.42. The second-order valence-corrected chi connectivity index (χ2v) is 18.5. The number of carbonyl (C=O) groups excluding carboxylic acids is 4. The molecule has 318 valence electrons. The Kier molecular flexibility index (Phi) is 11.7. The van der Waals surface area contributed by atoms with Gasteiger partial charge in [0.15, 0.2) is 0 Å². The number of amides is 4. The first kappa shape index (κ1) is 42.8. The number of alkyl carbamates (subject to hydrolysis) is 1. The lowest BCUT2D eigenvalue weighted by atomic mass is 9.88. The minimum absolute atomic E-state index is 0.00480. The average Bonchev–Trinajstić information content (AvgIpc) is 4.06. The second-order valence-electron chi connectivity index (χ2n) is 16.4. The number of halogens is 4. The number of nitrogens with one attached hydrogen (secondary N) is 3. The van der Waals surface area contributed by atoms with E-state index < -0.39 is 92.6 Å². The van der Waals surface area contributed by atoms with Crippen molar-refractivity contribution in [3.8, 4) is 11.8 Å². The molecule has 15 nitrogen and oxygen atoms in total. The van der Waals surface area contributed by atoms with Gasteiger partial charge in [0.1, 0.15) is 35.1 Å². The van der Waals surface area contributed by atoms with Crippen molar-refractivity contribution in [1.29, 1.82) is 0 Å². The number of ether oxygens (including phenoxy) is 3. The number of aromatic nitrogens is 2. The number of nitrogens with zero attached hydrogens (tertiary/aromatic N) is 3. The van der Waals surface area contributed by atoms with E-state index in [0.29, 0.717) is 43.9 Å². The molecule has 1 saturated heterocycles. The second kappa shape index (κ2) is 15.8. The van der Waals surface area contributed by atoms with Gasteiger partial charge in [0.25, 0.3) is 5.91 Å². The van der Waals surface area contributed by atoms with Crippen LogP contribution in [0.5, 0.6) is 11.8 Å². The maximum absolute atomic E-state index is 14.7. The fraction of sp³-hybridized carbons (Fsp3) is 0.632. The third kappa shape index (κ3) is 8.38. The zero-order chi connectivity index (χ0) is 42.4. The van der Waals surface area contributed by atoms with Crippen molar-refractivity contribution >= 4 is 44.6 Å². The van der Waals surface area contributed by atoms with Crippen LogP contribution in [0.15, 0.2) is 36.4 Å². The van der Waals surface area contributed by atoms with Gasteiger partial charge in [-0.1, -0.05) is 38.1 Å². The van der Waals surface area contributed by atoms with Crippen LogP contribution in [0.25, 0.3) is 10.8 Å². The van der Waals surface area contributed by atoms with E-state index in [-0.39, 0.29) is 49.9 Å². The van der Waals surface area contributed by atoms with Crippen molar-refractivity contribution < 1.29 is 59.4 Å². The van der Waals surface area contributed by atoms with Crippen LogP contribution in [-0.2, 0) is 29.1 Å². The Labute approximate surface area is 333 Å². The highest BCUT2D eigenvalue weighted by atomic mass is 32.2. The quantitative estimate of drug-likeness (QED) is 0.241. The molecule has 20 heteroatoms. The molecule has 0 radical (unpaired) electrons. The Hall–Kier alpha value is -4.75. The largest absolute Gasteiger partial charge is 0.479 e. The van der Waals surface area contributed by atoms with Crippen molar-refractivity contribution in [1.82, 2.24) is 30.5 Å². The molecule has 0 bridgehead atoms. The normalized spacial score (nSPS) is 28.9. The SMILES string of the molecule is COc1nnc(O[C@@H]2C[C@H]3C(=O)N[C@]4(C(=O)NS(=O)(=O)C5(CF)CC5)C[C@H]4C=CCC[C@@H](C)C[C@@H](C)[C@H](NC(=O)OC(C)(C)C(F)(F)F)C(=O)N3C2)c2ccccc12. The Bertz CT molecular complexity index is 2080. The van der Waals surface area contributed by atoms with E-state index >= 15 is 0 Å². The molecule has 1 aromatic heterocycles. The summed E-state index contributed by atoms with van der Waals surface area (Å²) >= 11 is 0. The summed E-state index contributed by atoms with van der Waals surface area (Å²) in [4.78, 5) is 57.3. The van der Waals surface area contributed by atoms with E-state index in [1.165, 1.54) is 7.11 Å². The van der Waals surface area contributed by atoms with Gasteiger partial charge in [0, 0.05) is 12.3 Å². The maximum atomic E-state index is 14.7. The zero-order valence-corrected chi connectivity index (χ0v) is 33.5. The molecule has 2 aromatic rings. The molecule has 2 aliphatic carbocycles. The molecule has 0 unspecified atom stereocenters. The van der Waals surface area contributed by atoms with Crippen LogP contribution < -0.4 is 24.8 Å². The van der Waals surface area contributed by atoms with Crippen LogP contribution in [0, 0.1) is 17.8 Å². The molecule has 7 atom stereocenters. The Balaban J connectivity index is 1.36. The molecule has 1 aromatic carbocycles. The number of sulfonamides is 1. The first-order valence-electron chi connectivity index (χ1n) is 19.1. The number of hydrogen-bond acceptors (Lipinski definition) is 11. The Morgan fingerprint density at radius 1 is 1.05 bits per heavy atom. The van der Waals surface area contributed by atoms with Gasteiger partial charge in [-0.2, -0.15) is 13.2 Å². The summed E-state index contributed by atoms with van der Waals surface area (Å²) < 4.78 is 98.0. The molecule has 2 aliphatic heterocycles. The predicted molar refractivity (Wildman–Crippen MR) is 199 cm³/mol. The fourth-order valence-corrected chi connectivity index (χ4v) is 9.07. The van der Waals surface area contributed by atoms with E-state index in [4.69, 9.17) is 14.2 Å². The highest BCUT2D eigenvalue weighted by molar-refractivity contribution is 7.91. The monoisotopic (exact) mass is 840 g/mol. The first-order chi connectivity index (χ1) is 27.2. The summed E-state index contributed by atoms with van der Waals surface area (Å²) in [7, 11) is -3.05. The summed E-state index contributed by atoms with van der Waals surface area (Å²) in [5.74, 6) is -3.90. The number of benzene rings is 1. The molecule has 4 amide bonds. The van der Waals surface area contributed by atoms with Crippen molar-refractivity contribution in [3.63, 3.8) is 0 Å². The number of allylic oxidation sites excluding steroid dienone is 1. The molecule has 0 spiro atoms. The Morgan fingerprint density at radius 3 is 2.33 bits per heavy atom. The molecule has 2 saturated carbocycles. The zero-order valence-electron chi connectivity index (χ0n) is 32.7. The summed E-state index contributed by atoms with van der Waals surface area (Å²) in [5.41, 5.74) is -4.69. The number of alkyl halides is 4. The van der Waals surface area contributed by atoms with Crippen molar-refractivity contribution in [2.45, 2.75) is 113 Å². The third-order valence-corrected chi connectivity index (χ3v) is 13.8. The molecular weight excluding hydrogens is 793 g/mol. The third-order valence-electron chi connectivity index (χ3n) is 11.7. The van der Waals surface area contributed by atoms with Gasteiger partial charge in [-0.15, -0.1) is 10.2 Å². The van der Waals surface area contributed by atoms with Crippen LogP contribution in [0.4, 0.5) is 22.4 Å². The smallest absolute Gasteiger partial charge is 0.427 e. The molecular formula is C38H48F4N6O9S. The molecule has 3 heterocycles. The van der Waals surface area contributed by atoms with Gasteiger partial charge in [0.2, 0.25) is 39.2 Å². The van der Waals surface area contributed by atoms with Crippen LogP contribution in [0.1, 0.15) is 72.6 Å². The highest BCUT2D eigenvalue weighted by Crippen LogP contribution is 2.48. The standard InChI is InChI=1S/C38H48F4N6O9S/c1-21-10-6-7-11-23-18-37(23,33(51)47-58(53,54)36(20-39)14-15-36)44-29(49)27-17-24(56-31-26-13-9-8-12-25(26)30(55-5)45-46-31)19-48(27)32(50)28(22(2)16-21)43-34(52)57-35(3,4)38(40,41)42/h7-9,11-13,21-24,27-28H,6,10,14-20H2,1-5H3,(H,43,52)(H,44,49)(H,47,51)/t21-,22-,23-,24-,27+,28+,37-/m1/s1. The van der Waals surface area contributed by atoms with E-state index in [0.717, 1.165) is 4.90 Å². The highest BCUT2D eigenvalue weighted by Gasteiger charge is 2.64. The van der Waals surface area contributed by atoms with Gasteiger partial charge in [0.05, 0.1) is 24.4 Å². The molecule has 4 aliphatic rings. The lowest BCUT2D eigenvalue weighted by molar-refractivity contribution is -0.244. The van der Waals surface area contributed by atoms with Gasteiger partial charge in [-0.05, 0) is 76.3 Å². The van der Waals surface area contributed by atoms with Crippen LogP contribution in [-0.4, -0.2) is 108 Å². The van der Waals surface area contributed by atoms with E-state index in [1.54, 1.807) is 43.3 Å². The lowest BCUT2D eigenvalue weighted by Crippen LogP contribution is -2.60. The molecule has 3 N–H and O–H groups in total. The average molecular weight is 841 g/mol. The summed E-state index contributed by atoms with van der Waals surface area (Å²) in [6.07, 6.45) is -2.63. The summed E-state index contributed by atoms with van der Waals surface area (Å²) in [5, 5.41) is 14.3. The van der Waals surface area contributed by atoms with Crippen molar-refractivity contribution in [2.24, 2.45) is 17.8 Å². The van der Waals surface area contributed by atoms with Gasteiger partial charge >= 0.3 is 12.3 Å². The van der Waals surface area contributed by atoms with Gasteiger partial charge < -0.3 is 29.7 Å². The first-order valence-corrected chi connectivity index (χ1v) is 20.6. The van der Waals surface area contributed by atoms with Crippen LogP contribution in [0.2, 0.25) is 0 Å². The lowest BCUT2D eigenvalue weighted by Gasteiger charge is -2.34. The minimum Gasteiger partial charge on any atom is -0.479 e. The number of fused-ring (bicyclic) bond motifs is 3. The number of rotatable bonds is 9. The van der Waals surface area contributed by atoms with Crippen LogP contribution >= 0.6 is 0 Å². The van der Waals surface area contributed by atoms with E-state index in [9.17, 15) is 45.2 Å². The molecule has 58 heavy (non-hydrogen) atoms. The van der Waals surface area contributed by atoms with E-state index in [2.05, 4.69) is 20.8 Å². The fourth-order valence-electron chi connectivity index (χ4n) is 7.65. The molecule has 3 fully saturated rings. The Morgan fingerprint density at radius 2 is 1.71 bits per heavy atom. The van der Waals surface area contributed by atoms with Crippen molar-refractivity contribution in [3.05, 3.63) is 36.4 Å². The number of hydrogen-bond donors (Lipinski definition) is 3. The predicted octanol–water partition coefficient (Wildman–Crippen LogP) is 4.26.